The predicted molar refractivity (Wildman–Crippen MR) is 132 cm³/mol. The monoisotopic (exact) mass is 518 g/mol. The number of rotatable bonds is 4. The number of nitrogens with one attached hydrogen (secondary N) is 1. The Morgan fingerprint density at radius 3 is 2.47 bits per heavy atom. The van der Waals surface area contributed by atoms with E-state index >= 15 is 4.39 Å². The summed E-state index contributed by atoms with van der Waals surface area (Å²) in [4.78, 5) is 13.4. The maximum Gasteiger partial charge on any atom is 0.417 e. The number of carbonyl (C=O) groups excluding carboxylic acids is 1. The first-order valence-corrected chi connectivity index (χ1v) is 11.3. The third kappa shape index (κ3) is 4.26. The molecule has 0 saturated carbocycles. The Hall–Kier alpha value is -4.98. The molecule has 0 bridgehead atoms. The maximum absolute atomic E-state index is 15.0. The van der Waals surface area contributed by atoms with E-state index in [1.807, 2.05) is 19.1 Å². The van der Waals surface area contributed by atoms with Crippen molar-refractivity contribution in [1.29, 1.82) is 5.26 Å². The minimum absolute atomic E-state index is 0.0731. The lowest BCUT2D eigenvalue weighted by Gasteiger charge is -2.15. The van der Waals surface area contributed by atoms with Crippen LogP contribution in [0.25, 0.3) is 27.8 Å². The van der Waals surface area contributed by atoms with E-state index in [9.17, 15) is 23.2 Å². The van der Waals surface area contributed by atoms with Crippen LogP contribution in [0.2, 0.25) is 0 Å². The summed E-state index contributed by atoms with van der Waals surface area (Å²) < 4.78 is 59.0. The summed E-state index contributed by atoms with van der Waals surface area (Å²) in [6.45, 7) is 1.83. The van der Waals surface area contributed by atoms with E-state index in [0.717, 1.165) is 11.6 Å². The standard InChI is InChI=1S/C27H18F4N6O/c1-15-6-3-4-9-23(15)37-25(24-16(14-32)7-5-8-22(24)35-37)33-26(38)18-12-17(21-10-11-36(2)34-21)19(13-20(18)28)27(29,30)31/h3-13H,1-2H3,(H,33,38). The number of anilines is 1. The number of halogens is 4. The molecule has 0 fully saturated rings. The van der Waals surface area contributed by atoms with Gasteiger partial charge in [0, 0.05) is 18.8 Å². The first-order valence-electron chi connectivity index (χ1n) is 11.3. The quantitative estimate of drug-likeness (QED) is 0.295. The molecule has 3 aromatic carbocycles. The summed E-state index contributed by atoms with van der Waals surface area (Å²) in [5, 5.41) is 21.1. The number of para-hydroxylation sites is 1. The molecule has 1 N–H and O–H groups in total. The number of fused-ring (bicyclic) bond motifs is 1. The van der Waals surface area contributed by atoms with Gasteiger partial charge in [-0.25, -0.2) is 9.07 Å². The highest BCUT2D eigenvalue weighted by Gasteiger charge is 2.36. The number of alkyl halides is 3. The van der Waals surface area contributed by atoms with Gasteiger partial charge < -0.3 is 5.32 Å². The van der Waals surface area contributed by atoms with E-state index < -0.39 is 34.6 Å². The van der Waals surface area contributed by atoms with Crippen LogP contribution in [0.5, 0.6) is 0 Å². The van der Waals surface area contributed by atoms with Crippen LogP contribution in [-0.2, 0) is 13.2 Å². The van der Waals surface area contributed by atoms with E-state index in [1.54, 1.807) is 30.3 Å². The predicted octanol–water partition coefficient (Wildman–Crippen LogP) is 6.02. The number of amides is 1. The average molecular weight is 518 g/mol. The molecule has 11 heteroatoms. The summed E-state index contributed by atoms with van der Waals surface area (Å²) in [6.07, 6.45) is -3.45. The minimum Gasteiger partial charge on any atom is -0.306 e. The number of nitriles is 1. The number of nitrogens with zero attached hydrogens (tertiary/aromatic N) is 5. The van der Waals surface area contributed by atoms with Gasteiger partial charge in [0.05, 0.1) is 45.0 Å². The topological polar surface area (TPSA) is 88.5 Å². The molecule has 0 saturated heterocycles. The number of hydrogen-bond donors (Lipinski definition) is 1. The van der Waals surface area contributed by atoms with Crippen molar-refractivity contribution in [3.8, 4) is 23.0 Å². The zero-order chi connectivity index (χ0) is 27.2. The molecule has 0 radical (unpaired) electrons. The SMILES string of the molecule is Cc1ccccc1-n1nc2cccc(C#N)c2c1NC(=O)c1cc(-c2ccn(C)n2)c(C(F)(F)F)cc1F. The van der Waals surface area contributed by atoms with Gasteiger partial charge in [0.25, 0.3) is 5.91 Å². The summed E-state index contributed by atoms with van der Waals surface area (Å²) in [6, 6.07) is 16.5. The van der Waals surface area contributed by atoms with E-state index in [2.05, 4.69) is 21.6 Å². The number of benzene rings is 3. The van der Waals surface area contributed by atoms with Crippen LogP contribution in [0.4, 0.5) is 23.4 Å². The lowest BCUT2D eigenvalue weighted by atomic mass is 9.99. The van der Waals surface area contributed by atoms with Crippen LogP contribution < -0.4 is 5.32 Å². The van der Waals surface area contributed by atoms with Gasteiger partial charge in [-0.2, -0.15) is 28.6 Å². The molecule has 7 nitrogen and oxygen atoms in total. The molecule has 0 spiro atoms. The summed E-state index contributed by atoms with van der Waals surface area (Å²) in [7, 11) is 1.53. The molecule has 5 aromatic rings. The van der Waals surface area contributed by atoms with Crippen molar-refractivity contribution in [2.45, 2.75) is 13.1 Å². The fourth-order valence-corrected chi connectivity index (χ4v) is 4.25. The Bertz CT molecular complexity index is 1760. The smallest absolute Gasteiger partial charge is 0.306 e. The molecular weight excluding hydrogens is 500 g/mol. The largest absolute Gasteiger partial charge is 0.417 e. The molecule has 38 heavy (non-hydrogen) atoms. The Morgan fingerprint density at radius 2 is 1.82 bits per heavy atom. The average Bonchev–Trinajstić information content (AvgIpc) is 3.47. The van der Waals surface area contributed by atoms with Crippen molar-refractivity contribution in [3.63, 3.8) is 0 Å². The molecule has 190 valence electrons. The second kappa shape index (κ2) is 9.15. The zero-order valence-corrected chi connectivity index (χ0v) is 20.0. The lowest BCUT2D eigenvalue weighted by molar-refractivity contribution is -0.137. The van der Waals surface area contributed by atoms with Crippen molar-refractivity contribution in [1.82, 2.24) is 19.6 Å². The Balaban J connectivity index is 1.68. The molecule has 0 aliphatic heterocycles. The van der Waals surface area contributed by atoms with Crippen molar-refractivity contribution < 1.29 is 22.4 Å². The second-order valence-corrected chi connectivity index (χ2v) is 8.56. The van der Waals surface area contributed by atoms with Gasteiger partial charge in [-0.1, -0.05) is 24.3 Å². The number of hydrogen-bond acceptors (Lipinski definition) is 4. The van der Waals surface area contributed by atoms with Gasteiger partial charge in [-0.05, 0) is 48.9 Å². The molecule has 0 aliphatic rings. The van der Waals surface area contributed by atoms with Gasteiger partial charge in [0.1, 0.15) is 11.6 Å². The second-order valence-electron chi connectivity index (χ2n) is 8.56. The molecule has 2 heterocycles. The van der Waals surface area contributed by atoms with Crippen LogP contribution in [-0.4, -0.2) is 25.5 Å². The number of aryl methyl sites for hydroxylation is 2. The fraction of sp³-hybridized carbons (Fsp3) is 0.111. The Morgan fingerprint density at radius 1 is 1.05 bits per heavy atom. The van der Waals surface area contributed by atoms with Crippen LogP contribution in [0.1, 0.15) is 27.0 Å². The van der Waals surface area contributed by atoms with E-state index in [4.69, 9.17) is 0 Å². The normalized spacial score (nSPS) is 11.5. The van der Waals surface area contributed by atoms with E-state index in [-0.39, 0.29) is 23.1 Å². The van der Waals surface area contributed by atoms with Gasteiger partial charge in [-0.15, -0.1) is 0 Å². The summed E-state index contributed by atoms with van der Waals surface area (Å²) in [5.74, 6) is -2.30. The van der Waals surface area contributed by atoms with Crippen molar-refractivity contribution in [2.24, 2.45) is 7.05 Å². The molecule has 0 aliphatic carbocycles. The van der Waals surface area contributed by atoms with E-state index in [0.29, 0.717) is 16.6 Å². The van der Waals surface area contributed by atoms with Crippen molar-refractivity contribution >= 4 is 22.6 Å². The van der Waals surface area contributed by atoms with Gasteiger partial charge in [0.15, 0.2) is 0 Å². The van der Waals surface area contributed by atoms with Crippen LogP contribution in [0.3, 0.4) is 0 Å². The van der Waals surface area contributed by atoms with Crippen LogP contribution in [0, 0.1) is 24.1 Å². The van der Waals surface area contributed by atoms with Crippen LogP contribution >= 0.6 is 0 Å². The Kier molecular flexibility index (Phi) is 5.95. The molecule has 0 unspecified atom stereocenters. The molecule has 2 aromatic heterocycles. The number of aromatic nitrogens is 4. The summed E-state index contributed by atoms with van der Waals surface area (Å²) >= 11 is 0. The number of carbonyl (C=O) groups is 1. The third-order valence-corrected chi connectivity index (χ3v) is 6.04. The molecule has 5 rings (SSSR count). The highest BCUT2D eigenvalue weighted by atomic mass is 19.4. The maximum atomic E-state index is 15.0. The van der Waals surface area contributed by atoms with Crippen molar-refractivity contribution in [2.75, 3.05) is 5.32 Å². The fourth-order valence-electron chi connectivity index (χ4n) is 4.25. The Labute approximate surface area is 213 Å². The minimum atomic E-state index is -4.88. The first-order chi connectivity index (χ1) is 18.1. The molecular formula is C27H18F4N6O. The summed E-state index contributed by atoms with van der Waals surface area (Å²) in [5.41, 5.74) is -0.413. The highest BCUT2D eigenvalue weighted by molar-refractivity contribution is 6.10. The lowest BCUT2D eigenvalue weighted by Crippen LogP contribution is -2.19. The van der Waals surface area contributed by atoms with E-state index in [1.165, 1.54) is 28.7 Å². The zero-order valence-electron chi connectivity index (χ0n) is 20.0. The van der Waals surface area contributed by atoms with Crippen molar-refractivity contribution in [3.05, 3.63) is 94.9 Å². The van der Waals surface area contributed by atoms with Gasteiger partial charge >= 0.3 is 6.18 Å². The van der Waals surface area contributed by atoms with Crippen LogP contribution in [0.15, 0.2) is 66.9 Å². The van der Waals surface area contributed by atoms with Gasteiger partial charge in [0.2, 0.25) is 0 Å². The highest BCUT2D eigenvalue weighted by Crippen LogP contribution is 2.38. The molecule has 1 amide bonds. The first kappa shape index (κ1) is 24.7. The third-order valence-electron chi connectivity index (χ3n) is 6.04. The molecule has 0 atom stereocenters. The van der Waals surface area contributed by atoms with Gasteiger partial charge in [-0.3, -0.25) is 9.48 Å².